The van der Waals surface area contributed by atoms with Crippen molar-refractivity contribution in [3.63, 3.8) is 0 Å². The topological polar surface area (TPSA) is 100 Å². The van der Waals surface area contributed by atoms with Gasteiger partial charge in [0, 0.05) is 35.7 Å². The number of amides is 3. The summed E-state index contributed by atoms with van der Waals surface area (Å²) in [5, 5.41) is 8.69. The molecule has 0 radical (unpaired) electrons. The van der Waals surface area contributed by atoms with Crippen LogP contribution in [0.25, 0.3) is 0 Å². The Bertz CT molecular complexity index is 872. The van der Waals surface area contributed by atoms with Crippen molar-refractivity contribution < 1.29 is 14.4 Å². The summed E-state index contributed by atoms with van der Waals surface area (Å²) in [4.78, 5) is 41.2. The van der Waals surface area contributed by atoms with E-state index in [4.69, 9.17) is 0 Å². The molecule has 3 amide bonds. The zero-order chi connectivity index (χ0) is 19.6. The lowest BCUT2D eigenvalue weighted by molar-refractivity contribution is -0.115. The number of aryl methyl sites for hydroxylation is 1. The number of carbonyl (C=O) groups is 3. The molecule has 0 unspecified atom stereocenters. The van der Waals surface area contributed by atoms with E-state index < -0.39 is 0 Å². The van der Waals surface area contributed by atoms with E-state index >= 15 is 0 Å². The van der Waals surface area contributed by atoms with Crippen LogP contribution in [0.15, 0.2) is 18.2 Å². The van der Waals surface area contributed by atoms with Gasteiger partial charge in [-0.1, -0.05) is 6.92 Å². The first-order valence-electron chi connectivity index (χ1n) is 8.80. The fourth-order valence-electron chi connectivity index (χ4n) is 3.07. The number of benzene rings is 1. The molecule has 0 spiro atoms. The van der Waals surface area contributed by atoms with Crippen molar-refractivity contribution in [2.75, 3.05) is 16.0 Å². The molecule has 0 saturated carbocycles. The highest BCUT2D eigenvalue weighted by Crippen LogP contribution is 2.32. The number of hydrogen-bond donors (Lipinski definition) is 3. The van der Waals surface area contributed by atoms with Crippen molar-refractivity contribution in [2.24, 2.45) is 5.92 Å². The molecule has 1 heterocycles. The zero-order valence-corrected chi connectivity index (χ0v) is 16.3. The lowest BCUT2D eigenvalue weighted by atomic mass is 9.93. The SMILES string of the molecule is CC(=O)Nc1cc(NC(C)=O)cc(C(=O)Nc2nc3c(s2)C[C@H](C)CC3)c1. The molecule has 1 aromatic heterocycles. The minimum Gasteiger partial charge on any atom is -0.326 e. The van der Waals surface area contributed by atoms with E-state index in [9.17, 15) is 14.4 Å². The third-order valence-electron chi connectivity index (χ3n) is 4.24. The first kappa shape index (κ1) is 19.0. The van der Waals surface area contributed by atoms with Crippen molar-refractivity contribution in [1.82, 2.24) is 4.98 Å². The number of carbonyl (C=O) groups excluding carboxylic acids is 3. The number of nitrogens with zero attached hydrogens (tertiary/aromatic N) is 1. The predicted octanol–water partition coefficient (Wildman–Crippen LogP) is 3.44. The van der Waals surface area contributed by atoms with Crippen LogP contribution in [-0.4, -0.2) is 22.7 Å². The minimum atomic E-state index is -0.340. The highest BCUT2D eigenvalue weighted by Gasteiger charge is 2.21. The summed E-state index contributed by atoms with van der Waals surface area (Å²) in [6, 6.07) is 4.73. The van der Waals surface area contributed by atoms with Gasteiger partial charge in [-0.05, 0) is 43.4 Å². The summed E-state index contributed by atoms with van der Waals surface area (Å²) in [5.41, 5.74) is 2.27. The van der Waals surface area contributed by atoms with Crippen molar-refractivity contribution in [3.05, 3.63) is 34.3 Å². The van der Waals surface area contributed by atoms with Gasteiger partial charge in [0.15, 0.2) is 5.13 Å². The average Bonchev–Trinajstić information content (AvgIpc) is 2.94. The molecule has 8 heteroatoms. The second-order valence-corrected chi connectivity index (χ2v) is 7.94. The van der Waals surface area contributed by atoms with E-state index in [1.165, 1.54) is 30.1 Å². The maximum absolute atomic E-state index is 12.7. The summed E-state index contributed by atoms with van der Waals surface area (Å²) < 4.78 is 0. The van der Waals surface area contributed by atoms with E-state index in [2.05, 4.69) is 27.9 Å². The van der Waals surface area contributed by atoms with Gasteiger partial charge in [-0.2, -0.15) is 0 Å². The van der Waals surface area contributed by atoms with Crippen LogP contribution in [0, 0.1) is 5.92 Å². The summed E-state index contributed by atoms with van der Waals surface area (Å²) in [6.07, 6.45) is 3.05. The Labute approximate surface area is 161 Å². The van der Waals surface area contributed by atoms with Gasteiger partial charge in [0.05, 0.1) is 5.69 Å². The van der Waals surface area contributed by atoms with Crippen molar-refractivity contribution >= 4 is 45.6 Å². The van der Waals surface area contributed by atoms with Gasteiger partial charge >= 0.3 is 0 Å². The van der Waals surface area contributed by atoms with E-state index in [1.807, 2.05) is 0 Å². The van der Waals surface area contributed by atoms with Gasteiger partial charge in [-0.3, -0.25) is 19.7 Å². The Kier molecular flexibility index (Phi) is 5.55. The molecule has 3 N–H and O–H groups in total. The van der Waals surface area contributed by atoms with E-state index in [0.717, 1.165) is 25.0 Å². The molecule has 0 aliphatic heterocycles. The Morgan fingerprint density at radius 3 is 2.26 bits per heavy atom. The quantitative estimate of drug-likeness (QED) is 0.749. The number of rotatable bonds is 4. The van der Waals surface area contributed by atoms with Crippen LogP contribution in [-0.2, 0) is 22.4 Å². The Morgan fingerprint density at radius 2 is 1.67 bits per heavy atom. The summed E-state index contributed by atoms with van der Waals surface area (Å²) in [6.45, 7) is 4.98. The minimum absolute atomic E-state index is 0.261. The number of aromatic nitrogens is 1. The second-order valence-electron chi connectivity index (χ2n) is 6.85. The number of hydrogen-bond acceptors (Lipinski definition) is 5. The van der Waals surface area contributed by atoms with Crippen LogP contribution in [0.1, 0.15) is 48.1 Å². The van der Waals surface area contributed by atoms with Gasteiger partial charge in [0.2, 0.25) is 11.8 Å². The summed E-state index contributed by atoms with van der Waals surface area (Å²) in [7, 11) is 0. The maximum atomic E-state index is 12.7. The van der Waals surface area contributed by atoms with E-state index in [1.54, 1.807) is 18.2 Å². The van der Waals surface area contributed by atoms with Gasteiger partial charge in [-0.25, -0.2) is 4.98 Å². The number of anilines is 3. The van der Waals surface area contributed by atoms with Crippen molar-refractivity contribution in [3.8, 4) is 0 Å². The number of thiazole rings is 1. The van der Waals surface area contributed by atoms with E-state index in [-0.39, 0.29) is 17.7 Å². The molecule has 3 rings (SSSR count). The molecule has 0 saturated heterocycles. The third-order valence-corrected chi connectivity index (χ3v) is 5.28. The fourth-order valence-corrected chi connectivity index (χ4v) is 4.24. The molecule has 1 aromatic carbocycles. The molecular formula is C19H22N4O3S. The predicted molar refractivity (Wildman–Crippen MR) is 106 cm³/mol. The van der Waals surface area contributed by atoms with Gasteiger partial charge < -0.3 is 10.6 Å². The normalized spacial score (nSPS) is 15.6. The maximum Gasteiger partial charge on any atom is 0.257 e. The molecular weight excluding hydrogens is 364 g/mol. The monoisotopic (exact) mass is 386 g/mol. The Morgan fingerprint density at radius 1 is 1.04 bits per heavy atom. The Hall–Kier alpha value is -2.74. The molecule has 2 aromatic rings. The van der Waals surface area contributed by atoms with Crippen LogP contribution >= 0.6 is 11.3 Å². The van der Waals surface area contributed by atoms with Gasteiger partial charge in [0.25, 0.3) is 5.91 Å². The summed E-state index contributed by atoms with van der Waals surface area (Å²) in [5.74, 6) is -0.227. The lowest BCUT2D eigenvalue weighted by Gasteiger charge is -2.15. The highest BCUT2D eigenvalue weighted by molar-refractivity contribution is 7.15. The summed E-state index contributed by atoms with van der Waals surface area (Å²) >= 11 is 1.51. The molecule has 27 heavy (non-hydrogen) atoms. The number of nitrogens with one attached hydrogen (secondary N) is 3. The largest absolute Gasteiger partial charge is 0.326 e. The smallest absolute Gasteiger partial charge is 0.257 e. The third kappa shape index (κ3) is 4.91. The van der Waals surface area contributed by atoms with Gasteiger partial charge in [-0.15, -0.1) is 11.3 Å². The molecule has 0 bridgehead atoms. The van der Waals surface area contributed by atoms with Crippen molar-refractivity contribution in [1.29, 1.82) is 0 Å². The average molecular weight is 386 g/mol. The molecule has 1 aliphatic rings. The molecule has 142 valence electrons. The highest BCUT2D eigenvalue weighted by atomic mass is 32.1. The first-order chi connectivity index (χ1) is 12.8. The fraction of sp³-hybridized carbons (Fsp3) is 0.368. The van der Waals surface area contributed by atoms with Crippen LogP contribution in [0.4, 0.5) is 16.5 Å². The zero-order valence-electron chi connectivity index (χ0n) is 15.5. The van der Waals surface area contributed by atoms with Crippen LogP contribution < -0.4 is 16.0 Å². The van der Waals surface area contributed by atoms with Crippen LogP contribution in [0.3, 0.4) is 0 Å². The molecule has 1 aliphatic carbocycles. The lowest BCUT2D eigenvalue weighted by Crippen LogP contribution is -2.15. The standard InChI is InChI=1S/C19H22N4O3S/c1-10-4-5-16-17(6-10)27-19(22-16)23-18(26)13-7-14(20-11(2)24)9-15(8-13)21-12(3)25/h7-10H,4-6H2,1-3H3,(H,20,24)(H,21,25)(H,22,23,26)/t10-/m1/s1. The molecule has 7 nitrogen and oxygen atoms in total. The van der Waals surface area contributed by atoms with Crippen LogP contribution in [0.2, 0.25) is 0 Å². The number of fused-ring (bicyclic) bond motifs is 1. The Balaban J connectivity index is 1.82. The first-order valence-corrected chi connectivity index (χ1v) is 9.62. The van der Waals surface area contributed by atoms with Crippen LogP contribution in [0.5, 0.6) is 0 Å². The van der Waals surface area contributed by atoms with E-state index in [0.29, 0.717) is 28.0 Å². The molecule has 0 fully saturated rings. The van der Waals surface area contributed by atoms with Gasteiger partial charge in [0.1, 0.15) is 0 Å². The molecule has 1 atom stereocenters. The second kappa shape index (κ2) is 7.87. The van der Waals surface area contributed by atoms with Crippen molar-refractivity contribution in [2.45, 2.75) is 40.0 Å².